The number of hydrogen-bond donors (Lipinski definition) is 0. The summed E-state index contributed by atoms with van der Waals surface area (Å²) < 4.78 is 55.7. The van der Waals surface area contributed by atoms with Gasteiger partial charge in [0.25, 0.3) is 0 Å². The molecule has 3 aromatic rings. The number of hydrogen-bond acceptors (Lipinski definition) is 6. The van der Waals surface area contributed by atoms with Crippen molar-refractivity contribution in [3.05, 3.63) is 48.3 Å². The van der Waals surface area contributed by atoms with Crippen LogP contribution in [0.25, 0.3) is 5.65 Å². The van der Waals surface area contributed by atoms with Gasteiger partial charge in [0.1, 0.15) is 28.7 Å². The highest BCUT2D eigenvalue weighted by Crippen LogP contribution is 2.39. The third-order valence-corrected chi connectivity index (χ3v) is 7.09. The van der Waals surface area contributed by atoms with Crippen LogP contribution in [0.15, 0.2) is 41.6 Å². The van der Waals surface area contributed by atoms with E-state index in [0.29, 0.717) is 37.0 Å². The van der Waals surface area contributed by atoms with E-state index in [1.165, 1.54) is 10.6 Å². The lowest BCUT2D eigenvalue weighted by Crippen LogP contribution is -2.70. The predicted octanol–water partition coefficient (Wildman–Crippen LogP) is 1.05. The molecule has 0 aliphatic carbocycles. The Morgan fingerprint density at radius 2 is 1.85 bits per heavy atom. The zero-order chi connectivity index (χ0) is 18.8. The number of fused-ring (bicyclic) bond motifs is 3. The van der Waals surface area contributed by atoms with Gasteiger partial charge in [-0.05, 0) is 30.7 Å². The van der Waals surface area contributed by atoms with Crippen LogP contribution in [0.2, 0.25) is 0 Å². The van der Waals surface area contributed by atoms with E-state index in [1.54, 1.807) is 10.6 Å². The fourth-order valence-corrected chi connectivity index (χ4v) is 5.70. The van der Waals surface area contributed by atoms with Gasteiger partial charge in [-0.2, -0.15) is 8.82 Å². The summed E-state index contributed by atoms with van der Waals surface area (Å²) in [6.07, 6.45) is 2.20. The van der Waals surface area contributed by atoms with Crippen molar-refractivity contribution in [1.82, 2.24) is 24.1 Å². The fraction of sp³-hybridized carbons (Fsp3) is 0.312. The van der Waals surface area contributed by atoms with Crippen molar-refractivity contribution in [3.63, 3.8) is 0 Å². The summed E-state index contributed by atoms with van der Waals surface area (Å²) >= 11 is 0. The molecule has 6 rings (SSSR count). The zero-order valence-corrected chi connectivity index (χ0v) is 14.7. The number of piperidine rings is 1. The van der Waals surface area contributed by atoms with E-state index in [0.717, 1.165) is 12.1 Å². The maximum atomic E-state index is 14.0. The lowest BCUT2D eigenvalue weighted by Gasteiger charge is -2.55. The van der Waals surface area contributed by atoms with Gasteiger partial charge in [0, 0.05) is 31.2 Å². The van der Waals surface area contributed by atoms with E-state index >= 15 is 0 Å². The molecule has 1 aromatic carbocycles. The van der Waals surface area contributed by atoms with Gasteiger partial charge in [0.15, 0.2) is 5.65 Å². The Morgan fingerprint density at radius 1 is 1.07 bits per heavy atom. The summed E-state index contributed by atoms with van der Waals surface area (Å²) in [6.45, 7) is 0.887. The van der Waals surface area contributed by atoms with Crippen LogP contribution in [-0.2, 0) is 10.0 Å². The summed E-state index contributed by atoms with van der Waals surface area (Å²) in [5.41, 5.74) is 0.622. The maximum absolute atomic E-state index is 14.0. The highest BCUT2D eigenvalue weighted by molar-refractivity contribution is 7.89. The Hall–Kier alpha value is -2.66. The van der Waals surface area contributed by atoms with E-state index in [4.69, 9.17) is 0 Å². The minimum Gasteiger partial charge on any atom is -0.352 e. The van der Waals surface area contributed by atoms with Crippen molar-refractivity contribution in [2.75, 3.05) is 18.0 Å². The third-order valence-electron chi connectivity index (χ3n) is 5.05. The highest BCUT2D eigenvalue weighted by Gasteiger charge is 2.52. The summed E-state index contributed by atoms with van der Waals surface area (Å²) in [4.78, 5) is 1.50. The Bertz CT molecular complexity index is 1140. The summed E-state index contributed by atoms with van der Waals surface area (Å²) in [6, 6.07) is 5.56. The molecule has 140 valence electrons. The van der Waals surface area contributed by atoms with Gasteiger partial charge in [-0.1, -0.05) is 0 Å². The summed E-state index contributed by atoms with van der Waals surface area (Å²) in [7, 11) is -4.02. The van der Waals surface area contributed by atoms with E-state index < -0.39 is 26.6 Å². The van der Waals surface area contributed by atoms with Crippen molar-refractivity contribution in [3.8, 4) is 0 Å². The Morgan fingerprint density at radius 3 is 2.59 bits per heavy atom. The van der Waals surface area contributed by atoms with Crippen molar-refractivity contribution in [2.45, 2.75) is 23.4 Å². The smallest absolute Gasteiger partial charge is 0.246 e. The molecule has 2 bridgehead atoms. The molecule has 11 heteroatoms. The molecule has 8 nitrogen and oxygen atoms in total. The molecule has 0 N–H and O–H groups in total. The van der Waals surface area contributed by atoms with Gasteiger partial charge in [0.05, 0.1) is 0 Å². The number of piperazine rings is 1. The van der Waals surface area contributed by atoms with Crippen LogP contribution in [-0.4, -0.2) is 57.7 Å². The molecule has 0 radical (unpaired) electrons. The minimum atomic E-state index is -4.02. The van der Waals surface area contributed by atoms with Crippen LogP contribution >= 0.6 is 0 Å². The average molecular weight is 392 g/mol. The quantitative estimate of drug-likeness (QED) is 0.663. The van der Waals surface area contributed by atoms with Gasteiger partial charge < -0.3 is 4.90 Å². The predicted molar refractivity (Wildman–Crippen MR) is 90.6 cm³/mol. The number of benzene rings is 1. The van der Waals surface area contributed by atoms with Crippen LogP contribution in [0.5, 0.6) is 0 Å². The molecule has 0 amide bonds. The average Bonchev–Trinajstić information content (AvgIpc) is 3.08. The number of aromatic nitrogens is 4. The molecule has 3 aliphatic rings. The number of anilines is 1. The van der Waals surface area contributed by atoms with Crippen LogP contribution in [0.3, 0.4) is 0 Å². The summed E-state index contributed by atoms with van der Waals surface area (Å²) in [5, 5.41) is 12.1. The van der Waals surface area contributed by atoms with E-state index in [-0.39, 0.29) is 12.1 Å². The fourth-order valence-electron chi connectivity index (χ4n) is 3.84. The number of rotatable bonds is 3. The highest BCUT2D eigenvalue weighted by atomic mass is 32.2. The lowest BCUT2D eigenvalue weighted by molar-refractivity contribution is 0.0870. The number of halogens is 2. The second-order valence-electron chi connectivity index (χ2n) is 6.68. The van der Waals surface area contributed by atoms with Gasteiger partial charge in [-0.3, -0.25) is 0 Å². The first-order valence-electron chi connectivity index (χ1n) is 8.34. The molecule has 2 atom stereocenters. The molecule has 0 saturated carbocycles. The Labute approximate surface area is 153 Å². The second-order valence-corrected chi connectivity index (χ2v) is 8.49. The lowest BCUT2D eigenvalue weighted by atomic mass is 9.91. The van der Waals surface area contributed by atoms with Gasteiger partial charge >= 0.3 is 0 Å². The molecule has 2 aromatic heterocycles. The molecule has 3 saturated heterocycles. The summed E-state index contributed by atoms with van der Waals surface area (Å²) in [5.74, 6) is -1.18. The number of sulfonamides is 1. The molecular formula is C16H14F2N6O2S. The van der Waals surface area contributed by atoms with Crippen molar-refractivity contribution < 1.29 is 17.2 Å². The molecule has 0 spiro atoms. The monoisotopic (exact) mass is 392 g/mol. The first-order chi connectivity index (χ1) is 12.9. The molecule has 2 unspecified atom stereocenters. The molecule has 5 heterocycles. The minimum absolute atomic E-state index is 0.281. The van der Waals surface area contributed by atoms with Crippen LogP contribution in [0.4, 0.5) is 14.6 Å². The standard InChI is InChI=1S/C16H14F2N6O2S/c17-10-1-2-14(13(18)5-10)27(25,26)24-11-6-12(24)8-22(7-11)16-4-3-15-20-19-9-23(15)21-16/h1-5,9,11-12H,6-8H2. The topological polar surface area (TPSA) is 83.7 Å². The van der Waals surface area contributed by atoms with Gasteiger partial charge in [-0.15, -0.1) is 15.3 Å². The SMILES string of the molecule is O=S(=O)(c1ccc(F)cc1F)N1C2CC1CN(c1ccc3nncn3n1)C2. The number of nitrogens with zero attached hydrogens (tertiary/aromatic N) is 6. The van der Waals surface area contributed by atoms with Crippen molar-refractivity contribution in [1.29, 1.82) is 0 Å². The molecule has 27 heavy (non-hydrogen) atoms. The van der Waals surface area contributed by atoms with E-state index in [2.05, 4.69) is 15.3 Å². The largest absolute Gasteiger partial charge is 0.352 e. The van der Waals surface area contributed by atoms with Crippen LogP contribution in [0.1, 0.15) is 6.42 Å². The first-order valence-corrected chi connectivity index (χ1v) is 9.78. The van der Waals surface area contributed by atoms with E-state index in [1.807, 2.05) is 11.0 Å². The Kier molecular flexibility index (Phi) is 3.46. The molecule has 3 aliphatic heterocycles. The second kappa shape index (κ2) is 5.67. The van der Waals surface area contributed by atoms with Crippen LogP contribution < -0.4 is 4.90 Å². The normalized spacial score (nSPS) is 22.8. The molecular weight excluding hydrogens is 378 g/mol. The zero-order valence-electron chi connectivity index (χ0n) is 13.9. The van der Waals surface area contributed by atoms with Gasteiger partial charge in [0.2, 0.25) is 10.0 Å². The third kappa shape index (κ3) is 2.49. The maximum Gasteiger partial charge on any atom is 0.246 e. The van der Waals surface area contributed by atoms with Crippen molar-refractivity contribution >= 4 is 21.5 Å². The van der Waals surface area contributed by atoms with Crippen LogP contribution in [0, 0.1) is 11.6 Å². The first kappa shape index (κ1) is 16.5. The Balaban J connectivity index is 1.41. The van der Waals surface area contributed by atoms with Crippen molar-refractivity contribution in [2.24, 2.45) is 0 Å². The van der Waals surface area contributed by atoms with E-state index in [9.17, 15) is 17.2 Å². The molecule has 3 fully saturated rings. The van der Waals surface area contributed by atoms with Gasteiger partial charge in [-0.25, -0.2) is 17.2 Å².